The van der Waals surface area contributed by atoms with Gasteiger partial charge in [-0.3, -0.25) is 4.90 Å². The third-order valence-electron chi connectivity index (χ3n) is 3.77. The lowest BCUT2D eigenvalue weighted by atomic mass is 9.94. The third-order valence-corrected chi connectivity index (χ3v) is 5.27. The Labute approximate surface area is 151 Å². The molecule has 0 aromatic heterocycles. The number of amidine groups is 1. The first-order valence-electron chi connectivity index (χ1n) is 6.98. The number of ether oxygens (including phenoxy) is 1. The fourth-order valence-electron chi connectivity index (χ4n) is 2.67. The molecule has 1 aromatic carbocycles. The summed E-state index contributed by atoms with van der Waals surface area (Å²) in [4.78, 5) is 18.9. The molecule has 8 heteroatoms. The molecule has 0 unspecified atom stereocenters. The van der Waals surface area contributed by atoms with Crippen LogP contribution in [0.4, 0.5) is 0 Å². The average Bonchev–Trinajstić information content (AvgIpc) is 2.89. The van der Waals surface area contributed by atoms with Crippen molar-refractivity contribution < 1.29 is 9.53 Å². The van der Waals surface area contributed by atoms with E-state index in [2.05, 4.69) is 27.0 Å². The minimum atomic E-state index is -0.489. The number of aliphatic imine (C=N–C) groups is 1. The molecule has 0 saturated heterocycles. The molecule has 24 heavy (non-hydrogen) atoms. The number of nitrogens with two attached hydrogens (primary N) is 1. The van der Waals surface area contributed by atoms with Crippen LogP contribution in [0.1, 0.15) is 18.5 Å². The second-order valence-corrected chi connectivity index (χ2v) is 7.03. The lowest BCUT2D eigenvalue weighted by Gasteiger charge is -2.34. The van der Waals surface area contributed by atoms with E-state index < -0.39 is 12.0 Å². The predicted octanol–water partition coefficient (Wildman–Crippen LogP) is 3.01. The van der Waals surface area contributed by atoms with Gasteiger partial charge in [-0.1, -0.05) is 28.1 Å². The van der Waals surface area contributed by atoms with Gasteiger partial charge in [0, 0.05) is 4.47 Å². The van der Waals surface area contributed by atoms with Gasteiger partial charge in [0.05, 0.1) is 24.4 Å². The lowest BCUT2D eigenvalue weighted by Crippen LogP contribution is -2.38. The molecular formula is C16H13BrN4O2S. The van der Waals surface area contributed by atoms with Crippen molar-refractivity contribution in [3.63, 3.8) is 0 Å². The van der Waals surface area contributed by atoms with Crippen LogP contribution in [0.5, 0.6) is 0 Å². The molecular weight excluding hydrogens is 392 g/mol. The van der Waals surface area contributed by atoms with E-state index in [9.17, 15) is 10.1 Å². The first-order chi connectivity index (χ1) is 11.5. The van der Waals surface area contributed by atoms with Crippen molar-refractivity contribution >= 4 is 38.8 Å². The maximum absolute atomic E-state index is 12.4. The van der Waals surface area contributed by atoms with Gasteiger partial charge in [0.1, 0.15) is 16.8 Å². The van der Waals surface area contributed by atoms with Gasteiger partial charge >= 0.3 is 5.97 Å². The molecule has 0 amide bonds. The summed E-state index contributed by atoms with van der Waals surface area (Å²) >= 11 is 4.61. The number of hydrogen-bond donors (Lipinski definition) is 1. The van der Waals surface area contributed by atoms with E-state index in [1.165, 1.54) is 18.9 Å². The van der Waals surface area contributed by atoms with Crippen molar-refractivity contribution in [2.24, 2.45) is 10.7 Å². The van der Waals surface area contributed by atoms with Crippen molar-refractivity contribution in [3.8, 4) is 6.07 Å². The zero-order valence-electron chi connectivity index (χ0n) is 12.9. The van der Waals surface area contributed by atoms with E-state index in [0.29, 0.717) is 27.2 Å². The Morgan fingerprint density at radius 2 is 2.12 bits per heavy atom. The molecule has 2 aliphatic rings. The number of nitrogens with zero attached hydrogens (tertiary/aromatic N) is 3. The number of halogens is 1. The standard InChI is InChI=1S/C16H13BrN4O2S/c1-8-12(15(22)23-2)13(9-3-5-10(17)6-4-9)21-14(19)11(7-18)24-16(21)20-8/h3-6,13H,19H2,1-2H3/t13-/m1/s1. The van der Waals surface area contributed by atoms with E-state index in [-0.39, 0.29) is 0 Å². The number of thioether (sulfide) groups is 1. The van der Waals surface area contributed by atoms with Crippen molar-refractivity contribution in [3.05, 3.63) is 56.3 Å². The smallest absolute Gasteiger partial charge is 0.338 e. The summed E-state index contributed by atoms with van der Waals surface area (Å²) in [6.07, 6.45) is 0. The first-order valence-corrected chi connectivity index (χ1v) is 8.59. The average molecular weight is 405 g/mol. The number of carbonyl (C=O) groups excluding carboxylic acids is 1. The topological polar surface area (TPSA) is 91.7 Å². The summed E-state index contributed by atoms with van der Waals surface area (Å²) in [5, 5.41) is 9.85. The van der Waals surface area contributed by atoms with Crippen LogP contribution in [0.15, 0.2) is 55.7 Å². The quantitative estimate of drug-likeness (QED) is 0.761. The molecule has 2 aliphatic heterocycles. The third kappa shape index (κ3) is 2.60. The number of nitriles is 1. The zero-order valence-corrected chi connectivity index (χ0v) is 15.3. The molecule has 0 saturated carbocycles. The van der Waals surface area contributed by atoms with Gasteiger partial charge in [0.25, 0.3) is 0 Å². The number of esters is 1. The highest BCUT2D eigenvalue weighted by molar-refractivity contribution is 9.10. The lowest BCUT2D eigenvalue weighted by molar-refractivity contribution is -0.136. The van der Waals surface area contributed by atoms with Crippen LogP contribution in [0.2, 0.25) is 0 Å². The van der Waals surface area contributed by atoms with Crippen molar-refractivity contribution in [1.82, 2.24) is 4.90 Å². The molecule has 6 nitrogen and oxygen atoms in total. The highest BCUT2D eigenvalue weighted by Gasteiger charge is 2.42. The molecule has 122 valence electrons. The van der Waals surface area contributed by atoms with E-state index >= 15 is 0 Å². The minimum absolute atomic E-state index is 0.295. The fraction of sp³-hybridized carbons (Fsp3) is 0.188. The summed E-state index contributed by atoms with van der Waals surface area (Å²) in [6, 6.07) is 9.16. The van der Waals surface area contributed by atoms with E-state index in [4.69, 9.17) is 10.5 Å². The molecule has 1 atom stereocenters. The largest absolute Gasteiger partial charge is 0.466 e. The molecule has 0 bridgehead atoms. The monoisotopic (exact) mass is 404 g/mol. The van der Waals surface area contributed by atoms with Gasteiger partial charge in [-0.25, -0.2) is 9.79 Å². The normalized spacial score (nSPS) is 19.8. The number of fused-ring (bicyclic) bond motifs is 1. The van der Waals surface area contributed by atoms with Crippen LogP contribution in [-0.2, 0) is 9.53 Å². The van der Waals surface area contributed by atoms with Crippen LogP contribution in [0.3, 0.4) is 0 Å². The Hall–Kier alpha value is -2.24. The first kappa shape index (κ1) is 16.6. The van der Waals surface area contributed by atoms with E-state index in [1.54, 1.807) is 11.8 Å². The molecule has 1 aromatic rings. The van der Waals surface area contributed by atoms with E-state index in [0.717, 1.165) is 10.0 Å². The summed E-state index contributed by atoms with van der Waals surface area (Å²) in [6.45, 7) is 1.75. The van der Waals surface area contributed by atoms with Gasteiger partial charge < -0.3 is 10.5 Å². The van der Waals surface area contributed by atoms with Crippen LogP contribution in [0, 0.1) is 11.3 Å². The summed E-state index contributed by atoms with van der Waals surface area (Å²) in [5.74, 6) is -0.172. The Balaban J connectivity index is 2.20. The van der Waals surface area contributed by atoms with Crippen LogP contribution in [0.25, 0.3) is 0 Å². The molecule has 0 aliphatic carbocycles. The van der Waals surface area contributed by atoms with Crippen molar-refractivity contribution in [2.45, 2.75) is 13.0 Å². The molecule has 0 fully saturated rings. The Morgan fingerprint density at radius 3 is 2.71 bits per heavy atom. The fourth-order valence-corrected chi connectivity index (χ4v) is 3.85. The van der Waals surface area contributed by atoms with Gasteiger partial charge in [0.2, 0.25) is 0 Å². The van der Waals surface area contributed by atoms with Gasteiger partial charge in [-0.2, -0.15) is 5.26 Å². The number of rotatable bonds is 2. The second-order valence-electron chi connectivity index (χ2n) is 5.14. The zero-order chi connectivity index (χ0) is 17.4. The molecule has 2 N–H and O–H groups in total. The van der Waals surface area contributed by atoms with Gasteiger partial charge in [-0.15, -0.1) is 0 Å². The highest BCUT2D eigenvalue weighted by Crippen LogP contribution is 2.45. The van der Waals surface area contributed by atoms with Crippen molar-refractivity contribution in [1.29, 1.82) is 5.26 Å². The maximum Gasteiger partial charge on any atom is 0.338 e. The molecule has 3 rings (SSSR count). The number of hydrogen-bond acceptors (Lipinski definition) is 7. The number of allylic oxidation sites excluding steroid dienone is 2. The predicted molar refractivity (Wildman–Crippen MR) is 95.3 cm³/mol. The Morgan fingerprint density at radius 1 is 1.46 bits per heavy atom. The summed E-state index contributed by atoms with van der Waals surface area (Å²) in [5.41, 5.74) is 7.97. The SMILES string of the molecule is COC(=O)C1=C(C)N=C2SC(C#N)=C(N)N2[C@@H]1c1ccc(Br)cc1. The number of carbonyl (C=O) groups is 1. The van der Waals surface area contributed by atoms with E-state index in [1.807, 2.05) is 24.3 Å². The van der Waals surface area contributed by atoms with Crippen molar-refractivity contribution in [2.75, 3.05) is 7.11 Å². The maximum atomic E-state index is 12.4. The minimum Gasteiger partial charge on any atom is -0.466 e. The Bertz CT molecular complexity index is 852. The van der Waals surface area contributed by atoms with Crippen LogP contribution >= 0.6 is 27.7 Å². The van der Waals surface area contributed by atoms with Crippen LogP contribution < -0.4 is 5.73 Å². The summed E-state index contributed by atoms with van der Waals surface area (Å²) in [7, 11) is 1.33. The molecule has 2 heterocycles. The van der Waals surface area contributed by atoms with Crippen LogP contribution in [-0.4, -0.2) is 23.1 Å². The van der Waals surface area contributed by atoms with Gasteiger partial charge in [0.15, 0.2) is 5.17 Å². The number of methoxy groups -OCH3 is 1. The molecule has 0 radical (unpaired) electrons. The Kier molecular flexibility index (Phi) is 4.39. The summed E-state index contributed by atoms with van der Waals surface area (Å²) < 4.78 is 5.87. The molecule has 0 spiro atoms. The second kappa shape index (κ2) is 6.34. The number of benzene rings is 1. The highest BCUT2D eigenvalue weighted by atomic mass is 79.9. The van der Waals surface area contributed by atoms with Gasteiger partial charge in [-0.05, 0) is 36.4 Å².